The topological polar surface area (TPSA) is 64.0 Å². The van der Waals surface area contributed by atoms with Crippen molar-refractivity contribution in [3.8, 4) is 0 Å². The van der Waals surface area contributed by atoms with E-state index in [0.717, 1.165) is 35.7 Å². The lowest BCUT2D eigenvalue weighted by molar-refractivity contribution is -0.112. The largest absolute Gasteiger partial charge is 0.280 e. The molecule has 0 unspecified atom stereocenters. The van der Waals surface area contributed by atoms with E-state index in [-0.39, 0.29) is 17.4 Å². The van der Waals surface area contributed by atoms with Crippen LogP contribution in [0.4, 0.5) is 0 Å². The molecule has 0 spiro atoms. The molecule has 0 atom stereocenters. The van der Waals surface area contributed by atoms with Crippen molar-refractivity contribution in [1.29, 1.82) is 0 Å². The fraction of sp³-hybridized carbons (Fsp3) is 0.261. The second-order valence-corrected chi connectivity index (χ2v) is 8.24. The molecule has 1 heterocycles. The molecule has 0 radical (unpaired) electrons. The molecule has 0 saturated heterocycles. The van der Waals surface area contributed by atoms with Crippen LogP contribution in [0.5, 0.6) is 0 Å². The highest BCUT2D eigenvalue weighted by molar-refractivity contribution is 9.10. The van der Waals surface area contributed by atoms with Crippen molar-refractivity contribution in [1.82, 2.24) is 9.66 Å². The summed E-state index contributed by atoms with van der Waals surface area (Å²) >= 11 is 3.39. The van der Waals surface area contributed by atoms with Crippen molar-refractivity contribution >= 4 is 38.8 Å². The van der Waals surface area contributed by atoms with Gasteiger partial charge in [0.1, 0.15) is 5.82 Å². The van der Waals surface area contributed by atoms with Crippen molar-refractivity contribution < 1.29 is 4.79 Å². The van der Waals surface area contributed by atoms with E-state index < -0.39 is 0 Å². The predicted octanol–water partition coefficient (Wildman–Crippen LogP) is 4.99. The summed E-state index contributed by atoms with van der Waals surface area (Å²) in [6, 6.07) is 14.9. The van der Waals surface area contributed by atoms with Gasteiger partial charge in [-0.1, -0.05) is 59.5 Å². The molecule has 0 aliphatic heterocycles. The second kappa shape index (κ2) is 8.74. The molecule has 1 fully saturated rings. The normalized spacial score (nSPS) is 15.1. The van der Waals surface area contributed by atoms with Gasteiger partial charge in [-0.05, 0) is 48.7 Å². The van der Waals surface area contributed by atoms with Gasteiger partial charge in [-0.3, -0.25) is 15.0 Å². The zero-order valence-electron chi connectivity index (χ0n) is 16.0. The van der Waals surface area contributed by atoms with Crippen LogP contribution in [0.25, 0.3) is 17.0 Å². The van der Waals surface area contributed by atoms with E-state index in [2.05, 4.69) is 21.4 Å². The van der Waals surface area contributed by atoms with E-state index in [4.69, 9.17) is 4.98 Å². The van der Waals surface area contributed by atoms with Gasteiger partial charge < -0.3 is 0 Å². The van der Waals surface area contributed by atoms with E-state index in [1.54, 1.807) is 12.1 Å². The monoisotopic (exact) mass is 451 g/mol. The molecule has 1 N–H and O–H groups in total. The number of para-hydroxylation sites is 1. The number of rotatable bonds is 4. The van der Waals surface area contributed by atoms with Crippen molar-refractivity contribution in [2.45, 2.75) is 38.0 Å². The van der Waals surface area contributed by atoms with Crippen LogP contribution < -0.4 is 11.0 Å². The first-order valence-electron chi connectivity index (χ1n) is 9.88. The molecule has 5 nitrogen and oxygen atoms in total. The minimum Gasteiger partial charge on any atom is -0.268 e. The molecular weight excluding hydrogens is 430 g/mol. The maximum absolute atomic E-state index is 13.1. The number of benzene rings is 2. The Balaban J connectivity index is 1.67. The number of hydrogen-bond acceptors (Lipinski definition) is 3. The number of carbonyl (C=O) groups excluding carboxylic acids is 1. The molecule has 1 aliphatic carbocycles. The average Bonchev–Trinajstić information content (AvgIpc) is 2.76. The van der Waals surface area contributed by atoms with Crippen LogP contribution in [0, 0.1) is 0 Å². The standard InChI is InChI=1S/C23H22BrN3O2/c24-18-13-10-16(11-14-18)12-15-21(28)26-27-22(17-6-2-1-3-7-17)25-20-9-5-4-8-19(20)23(27)29/h4-5,8-15,17H,1-3,6-7H2,(H,26,28). The first kappa shape index (κ1) is 19.6. The molecule has 1 aromatic heterocycles. The van der Waals surface area contributed by atoms with Crippen LogP contribution in [0.3, 0.4) is 0 Å². The second-order valence-electron chi connectivity index (χ2n) is 7.32. The Labute approximate surface area is 177 Å². The molecule has 1 saturated carbocycles. The molecule has 0 bridgehead atoms. The number of halogens is 1. The van der Waals surface area contributed by atoms with Gasteiger partial charge in [-0.25, -0.2) is 9.66 Å². The predicted molar refractivity (Wildman–Crippen MR) is 119 cm³/mol. The summed E-state index contributed by atoms with van der Waals surface area (Å²) in [5, 5.41) is 0.504. The third-order valence-electron chi connectivity index (χ3n) is 5.29. The molecule has 4 rings (SSSR count). The maximum Gasteiger partial charge on any atom is 0.280 e. The minimum atomic E-state index is -0.357. The fourth-order valence-electron chi connectivity index (χ4n) is 3.79. The van der Waals surface area contributed by atoms with Crippen LogP contribution in [-0.2, 0) is 4.79 Å². The van der Waals surface area contributed by atoms with E-state index >= 15 is 0 Å². The Hall–Kier alpha value is -2.73. The van der Waals surface area contributed by atoms with Crippen molar-refractivity contribution in [2.24, 2.45) is 0 Å². The van der Waals surface area contributed by atoms with E-state index in [1.807, 2.05) is 42.5 Å². The highest BCUT2D eigenvalue weighted by Crippen LogP contribution is 2.31. The maximum atomic E-state index is 13.1. The van der Waals surface area contributed by atoms with E-state index in [1.165, 1.54) is 17.2 Å². The van der Waals surface area contributed by atoms with Crippen LogP contribution in [0.15, 0.2) is 63.9 Å². The fourth-order valence-corrected chi connectivity index (χ4v) is 4.05. The van der Waals surface area contributed by atoms with Gasteiger partial charge in [0.15, 0.2) is 0 Å². The van der Waals surface area contributed by atoms with E-state index in [0.29, 0.717) is 16.7 Å². The quantitative estimate of drug-likeness (QED) is 0.568. The third kappa shape index (κ3) is 4.48. The highest BCUT2D eigenvalue weighted by Gasteiger charge is 2.23. The molecule has 3 aromatic rings. The summed E-state index contributed by atoms with van der Waals surface area (Å²) in [6.45, 7) is 0. The summed E-state index contributed by atoms with van der Waals surface area (Å²) in [5.41, 5.74) is 4.10. The van der Waals surface area contributed by atoms with Gasteiger partial charge in [0, 0.05) is 16.5 Å². The lowest BCUT2D eigenvalue weighted by atomic mass is 9.88. The Morgan fingerprint density at radius 3 is 2.55 bits per heavy atom. The smallest absolute Gasteiger partial charge is 0.268 e. The number of amides is 1. The first-order chi connectivity index (χ1) is 14.1. The molecule has 6 heteroatoms. The summed E-state index contributed by atoms with van der Waals surface area (Å²) in [5.74, 6) is 0.472. The van der Waals surface area contributed by atoms with Crippen LogP contribution in [0.2, 0.25) is 0 Å². The molecule has 1 amide bonds. The zero-order chi connectivity index (χ0) is 20.2. The lowest BCUT2D eigenvalue weighted by Gasteiger charge is -2.24. The van der Waals surface area contributed by atoms with Gasteiger partial charge in [-0.2, -0.15) is 0 Å². The molecule has 29 heavy (non-hydrogen) atoms. The summed E-state index contributed by atoms with van der Waals surface area (Å²) < 4.78 is 2.33. The Morgan fingerprint density at radius 1 is 1.07 bits per heavy atom. The number of nitrogens with zero attached hydrogens (tertiary/aromatic N) is 2. The van der Waals surface area contributed by atoms with Crippen LogP contribution in [-0.4, -0.2) is 15.6 Å². The Kier molecular flexibility index (Phi) is 5.90. The van der Waals surface area contributed by atoms with Gasteiger partial charge >= 0.3 is 0 Å². The average molecular weight is 452 g/mol. The summed E-state index contributed by atoms with van der Waals surface area (Å²) in [7, 11) is 0. The van der Waals surface area contributed by atoms with Gasteiger partial charge in [-0.15, -0.1) is 0 Å². The van der Waals surface area contributed by atoms with Crippen molar-refractivity contribution in [3.05, 3.63) is 80.8 Å². The van der Waals surface area contributed by atoms with E-state index in [9.17, 15) is 9.59 Å². The van der Waals surface area contributed by atoms with Crippen molar-refractivity contribution in [3.63, 3.8) is 0 Å². The number of hydrogen-bond donors (Lipinski definition) is 1. The SMILES string of the molecule is O=C(C=Cc1ccc(Br)cc1)Nn1c(C2CCCCC2)nc2ccccc2c1=O. The summed E-state index contributed by atoms with van der Waals surface area (Å²) in [4.78, 5) is 30.5. The summed E-state index contributed by atoms with van der Waals surface area (Å²) in [6.07, 6.45) is 8.56. The molecular formula is C23H22BrN3O2. The third-order valence-corrected chi connectivity index (χ3v) is 5.82. The van der Waals surface area contributed by atoms with Crippen molar-refractivity contribution in [2.75, 3.05) is 5.43 Å². The van der Waals surface area contributed by atoms with Gasteiger partial charge in [0.05, 0.1) is 10.9 Å². The highest BCUT2D eigenvalue weighted by atomic mass is 79.9. The van der Waals surface area contributed by atoms with Gasteiger partial charge in [0.25, 0.3) is 11.5 Å². The minimum absolute atomic E-state index is 0.178. The zero-order valence-corrected chi connectivity index (χ0v) is 17.6. The lowest BCUT2D eigenvalue weighted by Crippen LogP contribution is -2.37. The number of nitrogens with one attached hydrogen (secondary N) is 1. The number of aromatic nitrogens is 2. The number of carbonyl (C=O) groups is 1. The van der Waals surface area contributed by atoms with Crippen LogP contribution >= 0.6 is 15.9 Å². The van der Waals surface area contributed by atoms with Gasteiger partial charge in [0.2, 0.25) is 0 Å². The molecule has 2 aromatic carbocycles. The molecule has 1 aliphatic rings. The first-order valence-corrected chi connectivity index (χ1v) is 10.7. The van der Waals surface area contributed by atoms with Crippen LogP contribution in [0.1, 0.15) is 49.4 Å². The Morgan fingerprint density at radius 2 is 1.79 bits per heavy atom. The number of fused-ring (bicyclic) bond motifs is 1. The molecule has 148 valence electrons. The Bertz CT molecular complexity index is 1110.